The molecule has 3 heterocycles. The Bertz CT molecular complexity index is 829. The van der Waals surface area contributed by atoms with Crippen LogP contribution in [-0.4, -0.2) is 33.3 Å². The smallest absolute Gasteiger partial charge is 0.329 e. The first-order valence-corrected chi connectivity index (χ1v) is 7.62. The van der Waals surface area contributed by atoms with Crippen molar-refractivity contribution in [3.8, 4) is 11.4 Å². The first-order valence-electron chi connectivity index (χ1n) is 7.62. The summed E-state index contributed by atoms with van der Waals surface area (Å²) < 4.78 is 41.7. The summed E-state index contributed by atoms with van der Waals surface area (Å²) >= 11 is 0. The fourth-order valence-corrected chi connectivity index (χ4v) is 2.83. The minimum Gasteiger partial charge on any atom is -0.329 e. The van der Waals surface area contributed by atoms with Crippen molar-refractivity contribution in [3.63, 3.8) is 0 Å². The maximum absolute atomic E-state index is 12.5. The minimum atomic E-state index is -4.69. The molecule has 1 fully saturated rings. The average Bonchev–Trinajstić information content (AvgIpc) is 3.13. The number of rotatable bonds is 2. The van der Waals surface area contributed by atoms with Crippen molar-refractivity contribution in [2.45, 2.75) is 31.2 Å². The minimum absolute atomic E-state index is 0.0895. The lowest BCUT2D eigenvalue weighted by atomic mass is 9.97. The number of aromatic nitrogens is 2. The SMILES string of the molecule is O=C(c1ccc(-c2noc(C(F)(F)F)n2)cc1)N1OC2C=CC1CC2. The van der Waals surface area contributed by atoms with E-state index in [9.17, 15) is 18.0 Å². The van der Waals surface area contributed by atoms with Gasteiger partial charge in [0.15, 0.2) is 0 Å². The van der Waals surface area contributed by atoms with Gasteiger partial charge in [-0.2, -0.15) is 18.2 Å². The summed E-state index contributed by atoms with van der Waals surface area (Å²) in [5.41, 5.74) is 0.681. The molecular weight excluding hydrogens is 339 g/mol. The lowest BCUT2D eigenvalue weighted by molar-refractivity contribution is -0.197. The molecule has 130 valence electrons. The van der Waals surface area contributed by atoms with Gasteiger partial charge >= 0.3 is 12.1 Å². The maximum atomic E-state index is 12.5. The van der Waals surface area contributed by atoms with E-state index in [0.717, 1.165) is 12.8 Å². The second kappa shape index (κ2) is 5.69. The molecular formula is C16H12F3N3O3. The van der Waals surface area contributed by atoms with Gasteiger partial charge in [0.25, 0.3) is 5.91 Å². The van der Waals surface area contributed by atoms with Gasteiger partial charge in [-0.1, -0.05) is 29.4 Å². The Labute approximate surface area is 139 Å². The molecule has 6 nitrogen and oxygen atoms in total. The molecule has 0 spiro atoms. The van der Waals surface area contributed by atoms with Crippen LogP contribution in [0.2, 0.25) is 0 Å². The molecule has 2 unspecified atom stereocenters. The molecule has 25 heavy (non-hydrogen) atoms. The van der Waals surface area contributed by atoms with Crippen LogP contribution in [0, 0.1) is 0 Å². The van der Waals surface area contributed by atoms with Crippen LogP contribution in [0.5, 0.6) is 0 Å². The van der Waals surface area contributed by atoms with Crippen LogP contribution in [-0.2, 0) is 11.0 Å². The Morgan fingerprint density at radius 3 is 2.44 bits per heavy atom. The molecule has 9 heteroatoms. The van der Waals surface area contributed by atoms with Gasteiger partial charge in [-0.05, 0) is 25.0 Å². The zero-order chi connectivity index (χ0) is 17.6. The third-order valence-corrected chi connectivity index (χ3v) is 4.10. The van der Waals surface area contributed by atoms with Gasteiger partial charge in [-0.25, -0.2) is 5.06 Å². The van der Waals surface area contributed by atoms with E-state index in [2.05, 4.69) is 14.7 Å². The van der Waals surface area contributed by atoms with E-state index in [1.165, 1.54) is 29.3 Å². The Kier molecular flexibility index (Phi) is 3.60. The number of carbonyl (C=O) groups is 1. The number of amides is 1. The summed E-state index contributed by atoms with van der Waals surface area (Å²) in [5, 5.41) is 4.66. The van der Waals surface area contributed by atoms with Gasteiger partial charge < -0.3 is 4.52 Å². The van der Waals surface area contributed by atoms with Crippen molar-refractivity contribution in [2.75, 3.05) is 0 Å². The van der Waals surface area contributed by atoms with Crippen molar-refractivity contribution in [1.29, 1.82) is 0 Å². The molecule has 1 aromatic heterocycles. The average molecular weight is 351 g/mol. The van der Waals surface area contributed by atoms with E-state index in [0.29, 0.717) is 11.1 Å². The monoisotopic (exact) mass is 351 g/mol. The highest BCUT2D eigenvalue weighted by Gasteiger charge is 2.38. The third-order valence-electron chi connectivity index (χ3n) is 4.10. The lowest BCUT2D eigenvalue weighted by Gasteiger charge is -2.40. The maximum Gasteiger partial charge on any atom is 0.471 e. The molecule has 1 aliphatic carbocycles. The van der Waals surface area contributed by atoms with Crippen LogP contribution in [0.3, 0.4) is 0 Å². The zero-order valence-corrected chi connectivity index (χ0v) is 12.7. The summed E-state index contributed by atoms with van der Waals surface area (Å²) in [5.74, 6) is -1.90. The molecule has 1 saturated heterocycles. The molecule has 1 amide bonds. The number of nitrogens with zero attached hydrogens (tertiary/aromatic N) is 3. The van der Waals surface area contributed by atoms with Crippen LogP contribution >= 0.6 is 0 Å². The van der Waals surface area contributed by atoms with Crippen LogP contribution in [0.1, 0.15) is 29.1 Å². The van der Waals surface area contributed by atoms with Crippen molar-refractivity contribution in [2.24, 2.45) is 0 Å². The van der Waals surface area contributed by atoms with Crippen LogP contribution < -0.4 is 0 Å². The third kappa shape index (κ3) is 2.91. The molecule has 2 atom stereocenters. The Balaban J connectivity index is 1.53. The largest absolute Gasteiger partial charge is 0.471 e. The van der Waals surface area contributed by atoms with Gasteiger partial charge in [0, 0.05) is 11.1 Å². The highest BCUT2D eigenvalue weighted by Crippen LogP contribution is 2.31. The second-order valence-corrected chi connectivity index (χ2v) is 5.80. The van der Waals surface area contributed by atoms with E-state index in [-0.39, 0.29) is 23.9 Å². The van der Waals surface area contributed by atoms with Gasteiger partial charge in [0.1, 0.15) is 6.10 Å². The number of benzene rings is 1. The van der Waals surface area contributed by atoms with Crippen LogP contribution in [0.25, 0.3) is 11.4 Å². The predicted octanol–water partition coefficient (Wildman–Crippen LogP) is 3.23. The van der Waals surface area contributed by atoms with E-state index >= 15 is 0 Å². The molecule has 5 rings (SSSR count). The fourth-order valence-electron chi connectivity index (χ4n) is 2.83. The Morgan fingerprint density at radius 2 is 1.92 bits per heavy atom. The highest BCUT2D eigenvalue weighted by molar-refractivity contribution is 5.94. The summed E-state index contributed by atoms with van der Waals surface area (Å²) in [6, 6.07) is 5.84. The molecule has 1 aromatic carbocycles. The second-order valence-electron chi connectivity index (χ2n) is 5.80. The number of hydroxylamine groups is 2. The van der Waals surface area contributed by atoms with Gasteiger partial charge in [0.05, 0.1) is 6.04 Å². The fraction of sp³-hybridized carbons (Fsp3) is 0.312. The van der Waals surface area contributed by atoms with Crippen molar-refractivity contribution < 1.29 is 27.3 Å². The summed E-state index contributed by atoms with van der Waals surface area (Å²) in [6.07, 6.45) is 0.822. The normalized spacial score (nSPS) is 22.4. The molecule has 2 bridgehead atoms. The Hall–Kier alpha value is -2.68. The number of fused-ring (bicyclic) bond motifs is 2. The first kappa shape index (κ1) is 15.8. The Morgan fingerprint density at radius 1 is 1.16 bits per heavy atom. The molecule has 0 radical (unpaired) electrons. The standard InChI is InChI=1S/C16H12F3N3O3/c17-16(18,19)15-20-13(21-24-15)9-1-3-10(4-2-9)14(23)22-11-5-7-12(25-22)8-6-11/h1-5,7,11-12H,6,8H2. The molecule has 3 aliphatic rings. The molecule has 2 aromatic rings. The highest BCUT2D eigenvalue weighted by atomic mass is 19.4. The number of hydrogen-bond acceptors (Lipinski definition) is 5. The van der Waals surface area contributed by atoms with Crippen molar-refractivity contribution in [1.82, 2.24) is 15.2 Å². The van der Waals surface area contributed by atoms with Gasteiger partial charge in [-0.3, -0.25) is 9.63 Å². The van der Waals surface area contributed by atoms with E-state index in [1.54, 1.807) is 0 Å². The number of hydrogen-bond donors (Lipinski definition) is 0. The van der Waals surface area contributed by atoms with Gasteiger partial charge in [0.2, 0.25) is 5.82 Å². The van der Waals surface area contributed by atoms with E-state index in [4.69, 9.17) is 4.84 Å². The number of carbonyl (C=O) groups excluding carboxylic acids is 1. The van der Waals surface area contributed by atoms with Crippen LogP contribution in [0.4, 0.5) is 13.2 Å². The summed E-state index contributed by atoms with van der Waals surface area (Å²) in [4.78, 5) is 21.4. The van der Waals surface area contributed by atoms with Crippen LogP contribution in [0.15, 0.2) is 40.9 Å². The molecule has 0 saturated carbocycles. The topological polar surface area (TPSA) is 68.5 Å². The summed E-state index contributed by atoms with van der Waals surface area (Å²) in [6.45, 7) is 0. The lowest BCUT2D eigenvalue weighted by Crippen LogP contribution is -2.48. The summed E-state index contributed by atoms with van der Waals surface area (Å²) in [7, 11) is 0. The zero-order valence-electron chi connectivity index (χ0n) is 12.7. The molecule has 2 aliphatic heterocycles. The van der Waals surface area contributed by atoms with Crippen molar-refractivity contribution in [3.05, 3.63) is 47.9 Å². The molecule has 0 N–H and O–H groups in total. The number of alkyl halides is 3. The first-order chi connectivity index (χ1) is 11.9. The van der Waals surface area contributed by atoms with Crippen molar-refractivity contribution >= 4 is 5.91 Å². The predicted molar refractivity (Wildman–Crippen MR) is 77.9 cm³/mol. The van der Waals surface area contributed by atoms with Gasteiger partial charge in [-0.15, -0.1) is 0 Å². The van der Waals surface area contributed by atoms with E-state index in [1.807, 2.05) is 12.2 Å². The van der Waals surface area contributed by atoms with E-state index < -0.39 is 12.1 Å². The number of halogens is 3. The quantitative estimate of drug-likeness (QED) is 0.777.